The second-order valence-electron chi connectivity index (χ2n) is 5.76. The highest BCUT2D eigenvalue weighted by Gasteiger charge is 2.40. The summed E-state index contributed by atoms with van der Waals surface area (Å²) in [6, 6.07) is -0.124. The Labute approximate surface area is 111 Å². The fraction of sp³-hybridized carbons (Fsp3) is 0.917. The highest BCUT2D eigenvalue weighted by Crippen LogP contribution is 2.32. The van der Waals surface area contributed by atoms with Crippen LogP contribution >= 0.6 is 15.9 Å². The van der Waals surface area contributed by atoms with Crippen molar-refractivity contribution >= 4 is 22.0 Å². The monoisotopic (exact) mass is 309 g/mol. The third-order valence-electron chi connectivity index (χ3n) is 2.86. The van der Waals surface area contributed by atoms with Crippen molar-refractivity contribution in [2.75, 3.05) is 11.9 Å². The Morgan fingerprint density at radius 3 is 2.59 bits per heavy atom. The Morgan fingerprint density at radius 2 is 2.18 bits per heavy atom. The molecule has 1 unspecified atom stereocenters. The molecule has 1 aliphatic heterocycles. The molecule has 1 fully saturated rings. The quantitative estimate of drug-likeness (QED) is 0.694. The van der Waals surface area contributed by atoms with Crippen molar-refractivity contribution in [2.24, 2.45) is 0 Å². The maximum Gasteiger partial charge on any atom is 0.410 e. The maximum atomic E-state index is 14.1. The van der Waals surface area contributed by atoms with Crippen LogP contribution in [0.15, 0.2) is 0 Å². The summed E-state index contributed by atoms with van der Waals surface area (Å²) < 4.78 is 19.4. The van der Waals surface area contributed by atoms with Crippen molar-refractivity contribution in [3.8, 4) is 0 Å². The predicted molar refractivity (Wildman–Crippen MR) is 69.3 cm³/mol. The summed E-state index contributed by atoms with van der Waals surface area (Å²) in [5.74, 6) is 0. The van der Waals surface area contributed by atoms with Gasteiger partial charge in [-0.25, -0.2) is 9.18 Å². The standard InChI is InChI=1S/C12H21BrFNO2/c1-9-7-12(14,8-13)5-6-15(9)10(16)17-11(2,3)4/h9H,5-8H2,1-4H3/t9-,12?/m0/s1. The number of likely N-dealkylation sites (tertiary alicyclic amines) is 1. The van der Waals surface area contributed by atoms with E-state index in [0.29, 0.717) is 24.7 Å². The SMILES string of the molecule is C[C@H]1CC(F)(CBr)CCN1C(=O)OC(C)(C)C. The minimum atomic E-state index is -1.20. The van der Waals surface area contributed by atoms with Crippen molar-refractivity contribution in [2.45, 2.75) is 57.8 Å². The van der Waals surface area contributed by atoms with E-state index in [1.54, 1.807) is 4.90 Å². The normalized spacial score (nSPS) is 30.2. The molecule has 17 heavy (non-hydrogen) atoms. The van der Waals surface area contributed by atoms with Crippen LogP contribution in [-0.2, 0) is 4.74 Å². The number of piperidine rings is 1. The molecule has 100 valence electrons. The number of halogens is 2. The summed E-state index contributed by atoms with van der Waals surface area (Å²) in [6.07, 6.45) is 0.376. The first-order chi connectivity index (χ1) is 7.67. The molecule has 1 saturated heterocycles. The van der Waals surface area contributed by atoms with Crippen molar-refractivity contribution in [1.82, 2.24) is 4.90 Å². The Balaban J connectivity index is 2.61. The van der Waals surface area contributed by atoms with Crippen LogP contribution in [0.4, 0.5) is 9.18 Å². The largest absolute Gasteiger partial charge is 0.444 e. The van der Waals surface area contributed by atoms with Gasteiger partial charge in [-0.1, -0.05) is 15.9 Å². The Kier molecular flexibility index (Phi) is 4.44. The number of hydrogen-bond acceptors (Lipinski definition) is 2. The van der Waals surface area contributed by atoms with Crippen LogP contribution in [0.1, 0.15) is 40.5 Å². The van der Waals surface area contributed by atoms with E-state index in [9.17, 15) is 9.18 Å². The van der Waals surface area contributed by atoms with Gasteiger partial charge in [0.1, 0.15) is 11.3 Å². The number of ether oxygens (including phenoxy) is 1. The van der Waals surface area contributed by atoms with Crippen molar-refractivity contribution in [3.05, 3.63) is 0 Å². The van der Waals surface area contributed by atoms with Crippen LogP contribution in [0.5, 0.6) is 0 Å². The molecule has 0 aromatic heterocycles. The highest BCUT2D eigenvalue weighted by molar-refractivity contribution is 9.09. The second-order valence-corrected chi connectivity index (χ2v) is 6.32. The van der Waals surface area contributed by atoms with E-state index in [0.717, 1.165) is 0 Å². The Hall–Kier alpha value is -0.320. The van der Waals surface area contributed by atoms with E-state index < -0.39 is 11.3 Å². The number of nitrogens with zero attached hydrogens (tertiary/aromatic N) is 1. The molecule has 0 aliphatic carbocycles. The van der Waals surface area contributed by atoms with Crippen LogP contribution in [0, 0.1) is 0 Å². The van der Waals surface area contributed by atoms with Gasteiger partial charge in [0, 0.05) is 30.8 Å². The van der Waals surface area contributed by atoms with Gasteiger partial charge in [-0.15, -0.1) is 0 Å². The number of amides is 1. The molecule has 3 nitrogen and oxygen atoms in total. The summed E-state index contributed by atoms with van der Waals surface area (Å²) in [6.45, 7) is 7.77. The molecule has 0 aromatic carbocycles. The third kappa shape index (κ3) is 4.12. The number of carbonyl (C=O) groups excluding carboxylic acids is 1. The van der Waals surface area contributed by atoms with E-state index in [-0.39, 0.29) is 12.1 Å². The van der Waals surface area contributed by atoms with Gasteiger partial charge in [0.25, 0.3) is 0 Å². The van der Waals surface area contributed by atoms with Crippen molar-refractivity contribution in [3.63, 3.8) is 0 Å². The lowest BCUT2D eigenvalue weighted by Gasteiger charge is -2.40. The molecular formula is C12H21BrFNO2. The molecule has 0 N–H and O–H groups in total. The van der Waals surface area contributed by atoms with Gasteiger partial charge in [-0.2, -0.15) is 0 Å². The average Bonchev–Trinajstić information content (AvgIpc) is 2.14. The van der Waals surface area contributed by atoms with Gasteiger partial charge in [0.15, 0.2) is 0 Å². The second kappa shape index (κ2) is 5.12. The molecule has 1 amide bonds. The summed E-state index contributed by atoms with van der Waals surface area (Å²) in [5.41, 5.74) is -1.70. The maximum absolute atomic E-state index is 14.1. The fourth-order valence-electron chi connectivity index (χ4n) is 2.00. The fourth-order valence-corrected chi connectivity index (χ4v) is 2.51. The molecule has 0 saturated carbocycles. The van der Waals surface area contributed by atoms with Crippen LogP contribution in [0.3, 0.4) is 0 Å². The molecule has 1 heterocycles. The first-order valence-corrected chi connectivity index (χ1v) is 7.03. The minimum absolute atomic E-state index is 0.124. The predicted octanol–water partition coefficient (Wildman–Crippen LogP) is 3.51. The summed E-state index contributed by atoms with van der Waals surface area (Å²) in [5, 5.41) is 0.326. The van der Waals surface area contributed by atoms with Gasteiger partial charge in [-0.3, -0.25) is 0 Å². The van der Waals surface area contributed by atoms with Gasteiger partial charge < -0.3 is 9.64 Å². The van der Waals surface area contributed by atoms with Gasteiger partial charge >= 0.3 is 6.09 Å². The first-order valence-electron chi connectivity index (χ1n) is 5.91. The molecule has 1 rings (SSSR count). The third-order valence-corrected chi connectivity index (χ3v) is 3.87. The Morgan fingerprint density at radius 1 is 1.59 bits per heavy atom. The molecule has 0 radical (unpaired) electrons. The molecule has 1 aliphatic rings. The lowest BCUT2D eigenvalue weighted by Crippen LogP contribution is -2.51. The smallest absolute Gasteiger partial charge is 0.410 e. The van der Waals surface area contributed by atoms with Crippen LogP contribution in [-0.4, -0.2) is 40.2 Å². The van der Waals surface area contributed by atoms with Crippen LogP contribution in [0.25, 0.3) is 0 Å². The zero-order chi connectivity index (χ0) is 13.3. The van der Waals surface area contributed by atoms with Crippen molar-refractivity contribution < 1.29 is 13.9 Å². The topological polar surface area (TPSA) is 29.5 Å². The zero-order valence-electron chi connectivity index (χ0n) is 10.9. The van der Waals surface area contributed by atoms with E-state index in [1.807, 2.05) is 27.7 Å². The van der Waals surface area contributed by atoms with Gasteiger partial charge in [0.2, 0.25) is 0 Å². The molecule has 0 bridgehead atoms. The zero-order valence-corrected chi connectivity index (χ0v) is 12.5. The number of hydrogen-bond donors (Lipinski definition) is 0. The lowest BCUT2D eigenvalue weighted by atomic mass is 9.91. The lowest BCUT2D eigenvalue weighted by molar-refractivity contribution is -0.00820. The van der Waals surface area contributed by atoms with E-state index >= 15 is 0 Å². The van der Waals surface area contributed by atoms with Crippen LogP contribution in [0.2, 0.25) is 0 Å². The molecule has 2 atom stereocenters. The number of rotatable bonds is 1. The highest BCUT2D eigenvalue weighted by atomic mass is 79.9. The van der Waals surface area contributed by atoms with E-state index in [1.165, 1.54) is 0 Å². The summed E-state index contributed by atoms with van der Waals surface area (Å²) >= 11 is 3.19. The van der Waals surface area contributed by atoms with Gasteiger partial charge in [-0.05, 0) is 27.7 Å². The minimum Gasteiger partial charge on any atom is -0.444 e. The molecule has 5 heteroatoms. The van der Waals surface area contributed by atoms with E-state index in [4.69, 9.17) is 4.74 Å². The van der Waals surface area contributed by atoms with Gasteiger partial charge in [0.05, 0.1) is 0 Å². The first kappa shape index (κ1) is 14.7. The van der Waals surface area contributed by atoms with Crippen LogP contribution < -0.4 is 0 Å². The number of carbonyl (C=O) groups is 1. The summed E-state index contributed by atoms with van der Waals surface area (Å²) in [4.78, 5) is 13.5. The van der Waals surface area contributed by atoms with Crippen molar-refractivity contribution in [1.29, 1.82) is 0 Å². The summed E-state index contributed by atoms with van der Waals surface area (Å²) in [7, 11) is 0. The van der Waals surface area contributed by atoms with E-state index in [2.05, 4.69) is 15.9 Å². The average molecular weight is 310 g/mol. The number of alkyl halides is 2. The molecule has 0 spiro atoms. The molecule has 0 aromatic rings. The Bertz CT molecular complexity index is 293. The molecular weight excluding hydrogens is 289 g/mol.